The molecule has 0 bridgehead atoms. The molecule has 0 fully saturated rings. The molecule has 0 saturated carbocycles. The number of esters is 2. The lowest BCUT2D eigenvalue weighted by Crippen LogP contribution is -2.40. The predicted octanol–water partition coefficient (Wildman–Crippen LogP) is 6.47. The zero-order valence-electron chi connectivity index (χ0n) is 23.6. The monoisotopic (exact) mass is 514 g/mol. The Morgan fingerprint density at radius 2 is 1.00 bits per heavy atom. The van der Waals surface area contributed by atoms with E-state index in [1.807, 2.05) is 38.1 Å². The highest BCUT2D eigenvalue weighted by Crippen LogP contribution is 2.34. The van der Waals surface area contributed by atoms with Gasteiger partial charge in [-0.15, -0.1) is 0 Å². The van der Waals surface area contributed by atoms with Crippen LogP contribution < -0.4 is 18.9 Å². The van der Waals surface area contributed by atoms with E-state index in [0.717, 1.165) is 11.1 Å². The second kappa shape index (κ2) is 13.5. The minimum atomic E-state index is -0.492. The first-order valence-electron chi connectivity index (χ1n) is 13.0. The summed E-state index contributed by atoms with van der Waals surface area (Å²) in [4.78, 5) is 23.5. The van der Waals surface area contributed by atoms with E-state index in [-0.39, 0.29) is 11.9 Å². The highest BCUT2D eigenvalue weighted by molar-refractivity contribution is 5.73. The summed E-state index contributed by atoms with van der Waals surface area (Å²) in [5.41, 5.74) is 1.05. The highest BCUT2D eigenvalue weighted by Gasteiger charge is 2.30. The number of ether oxygens (including phenoxy) is 5. The Bertz CT molecular complexity index is 972. The van der Waals surface area contributed by atoms with E-state index >= 15 is 0 Å². The van der Waals surface area contributed by atoms with Crippen molar-refractivity contribution < 1.29 is 33.3 Å². The number of hydrogen-bond donors (Lipinski definition) is 0. The summed E-state index contributed by atoms with van der Waals surface area (Å²) in [6.45, 7) is 16.4. The van der Waals surface area contributed by atoms with Crippen LogP contribution in [0.2, 0.25) is 0 Å². The Hall–Kier alpha value is -3.06. The zero-order chi connectivity index (χ0) is 27.6. The molecule has 0 amide bonds. The normalized spacial score (nSPS) is 11.7. The molecule has 0 N–H and O–H groups in total. The van der Waals surface area contributed by atoms with Gasteiger partial charge in [-0.25, -0.2) is 0 Å². The lowest BCUT2D eigenvalue weighted by atomic mass is 9.93. The molecule has 0 atom stereocenters. The number of hydrogen-bond acceptors (Lipinski definition) is 7. The highest BCUT2D eigenvalue weighted by atomic mass is 16.6. The van der Waals surface area contributed by atoms with Gasteiger partial charge in [-0.2, -0.15) is 0 Å². The molecular weight excluding hydrogens is 472 g/mol. The summed E-state index contributed by atoms with van der Waals surface area (Å²) >= 11 is 0. The van der Waals surface area contributed by atoms with Crippen LogP contribution in [-0.2, 0) is 27.2 Å². The van der Waals surface area contributed by atoms with Crippen LogP contribution in [0.15, 0.2) is 36.4 Å². The first kappa shape index (κ1) is 30.2. The Kier molecular flexibility index (Phi) is 11.0. The van der Waals surface area contributed by atoms with E-state index in [1.165, 1.54) is 0 Å². The van der Waals surface area contributed by atoms with Crippen molar-refractivity contribution >= 4 is 11.9 Å². The molecule has 7 heteroatoms. The molecule has 2 aromatic carbocycles. The van der Waals surface area contributed by atoms with Crippen LogP contribution in [0.3, 0.4) is 0 Å². The van der Waals surface area contributed by atoms with Crippen molar-refractivity contribution in [3.05, 3.63) is 47.5 Å². The minimum Gasteiger partial charge on any atom is -0.490 e. The van der Waals surface area contributed by atoms with E-state index in [4.69, 9.17) is 23.7 Å². The molecule has 0 aromatic heterocycles. The average Bonchev–Trinajstić information content (AvgIpc) is 2.81. The Morgan fingerprint density at radius 3 is 1.32 bits per heavy atom. The maximum Gasteiger partial charge on any atom is 0.311 e. The first-order chi connectivity index (χ1) is 17.4. The van der Waals surface area contributed by atoms with Crippen molar-refractivity contribution in [1.82, 2.24) is 0 Å². The smallest absolute Gasteiger partial charge is 0.311 e. The largest absolute Gasteiger partial charge is 0.490 e. The van der Waals surface area contributed by atoms with E-state index in [1.54, 1.807) is 26.0 Å². The van der Waals surface area contributed by atoms with Crippen molar-refractivity contribution in [2.45, 2.75) is 92.3 Å². The number of benzene rings is 2. The molecule has 0 aliphatic carbocycles. The number of carbonyl (C=O) groups excluding carboxylic acids is 2. The van der Waals surface area contributed by atoms with Gasteiger partial charge in [-0.05, 0) is 76.9 Å². The molecule has 37 heavy (non-hydrogen) atoms. The van der Waals surface area contributed by atoms with Gasteiger partial charge in [0.25, 0.3) is 0 Å². The summed E-state index contributed by atoms with van der Waals surface area (Å²) in [5.74, 6) is 1.34. The number of rotatable bonds is 14. The fourth-order valence-corrected chi connectivity index (χ4v) is 4.22. The standard InChI is InChI=1S/C30H42O7/c1-9-27(31)35-23-15-13-21(17-25(23)33-11-3)19-29(5,6)37-30(7,8)20-22-14-16-24(36-28(32)10-2)26(18-22)34-12-4/h13-18H,9-12,19-20H2,1-8H3. The molecule has 204 valence electrons. The molecule has 2 aromatic rings. The number of carbonyl (C=O) groups is 2. The fraction of sp³-hybridized carbons (Fsp3) is 0.533. The van der Waals surface area contributed by atoms with Crippen LogP contribution in [0.4, 0.5) is 0 Å². The third-order valence-corrected chi connectivity index (χ3v) is 5.45. The maximum atomic E-state index is 11.8. The second-order valence-electron chi connectivity index (χ2n) is 10.1. The molecule has 0 radical (unpaired) electrons. The van der Waals surface area contributed by atoms with Gasteiger partial charge in [-0.1, -0.05) is 26.0 Å². The molecule has 0 aliphatic heterocycles. The van der Waals surface area contributed by atoms with Crippen LogP contribution >= 0.6 is 0 Å². The minimum absolute atomic E-state index is 0.294. The van der Waals surface area contributed by atoms with Crippen LogP contribution in [0.25, 0.3) is 0 Å². The second-order valence-corrected chi connectivity index (χ2v) is 10.1. The van der Waals surface area contributed by atoms with E-state index < -0.39 is 11.2 Å². The summed E-state index contributed by atoms with van der Waals surface area (Å²) in [6, 6.07) is 11.2. The van der Waals surface area contributed by atoms with Crippen molar-refractivity contribution in [3.8, 4) is 23.0 Å². The van der Waals surface area contributed by atoms with E-state index in [9.17, 15) is 9.59 Å². The quantitative estimate of drug-likeness (QED) is 0.211. The molecule has 2 rings (SSSR count). The molecule has 0 heterocycles. The van der Waals surface area contributed by atoms with Crippen molar-refractivity contribution in [2.75, 3.05) is 13.2 Å². The lowest BCUT2D eigenvalue weighted by molar-refractivity contribution is -0.135. The average molecular weight is 515 g/mol. The zero-order valence-corrected chi connectivity index (χ0v) is 23.6. The van der Waals surface area contributed by atoms with Crippen LogP contribution in [0.5, 0.6) is 23.0 Å². The molecule has 0 aliphatic rings. The predicted molar refractivity (Wildman–Crippen MR) is 144 cm³/mol. The Morgan fingerprint density at radius 1 is 0.622 bits per heavy atom. The van der Waals surface area contributed by atoms with E-state index in [0.29, 0.717) is 61.9 Å². The third-order valence-electron chi connectivity index (χ3n) is 5.45. The van der Waals surface area contributed by atoms with Crippen molar-refractivity contribution in [3.63, 3.8) is 0 Å². The summed E-state index contributed by atoms with van der Waals surface area (Å²) in [6.07, 6.45) is 1.85. The fourth-order valence-electron chi connectivity index (χ4n) is 4.22. The summed E-state index contributed by atoms with van der Waals surface area (Å²) in [7, 11) is 0. The SMILES string of the molecule is CCOc1cc(CC(C)(C)OC(C)(C)Cc2ccc(OC(=O)CC)c(OCC)c2)ccc1OC(=O)CC. The molecule has 7 nitrogen and oxygen atoms in total. The van der Waals surface area contributed by atoms with Gasteiger partial charge < -0.3 is 23.7 Å². The Labute approximate surface area is 221 Å². The van der Waals surface area contributed by atoms with Crippen molar-refractivity contribution in [2.24, 2.45) is 0 Å². The van der Waals surface area contributed by atoms with Gasteiger partial charge in [0.1, 0.15) is 0 Å². The first-order valence-corrected chi connectivity index (χ1v) is 13.0. The van der Waals surface area contributed by atoms with Gasteiger partial charge in [0.05, 0.1) is 24.4 Å². The third kappa shape index (κ3) is 9.73. The van der Waals surface area contributed by atoms with Crippen molar-refractivity contribution in [1.29, 1.82) is 0 Å². The van der Waals surface area contributed by atoms with Gasteiger partial charge in [-0.3, -0.25) is 9.59 Å². The van der Waals surface area contributed by atoms with Crippen LogP contribution in [0, 0.1) is 0 Å². The summed E-state index contributed by atoms with van der Waals surface area (Å²) < 4.78 is 28.9. The molecule has 0 spiro atoms. The lowest BCUT2D eigenvalue weighted by Gasteiger charge is -2.36. The summed E-state index contributed by atoms with van der Waals surface area (Å²) in [5, 5.41) is 0. The molecular formula is C30H42O7. The van der Waals surface area contributed by atoms with Gasteiger partial charge >= 0.3 is 11.9 Å². The van der Waals surface area contributed by atoms with Gasteiger partial charge in [0, 0.05) is 25.7 Å². The van der Waals surface area contributed by atoms with Gasteiger partial charge in [0.15, 0.2) is 23.0 Å². The van der Waals surface area contributed by atoms with E-state index in [2.05, 4.69) is 27.7 Å². The topological polar surface area (TPSA) is 80.3 Å². The van der Waals surface area contributed by atoms with Crippen LogP contribution in [0.1, 0.15) is 79.4 Å². The molecule has 0 unspecified atom stereocenters. The molecule has 0 saturated heterocycles. The maximum absolute atomic E-state index is 11.8. The Balaban J connectivity index is 2.16. The van der Waals surface area contributed by atoms with Gasteiger partial charge in [0.2, 0.25) is 0 Å². The van der Waals surface area contributed by atoms with Crippen LogP contribution in [-0.4, -0.2) is 36.4 Å².